The Morgan fingerprint density at radius 3 is 2.47 bits per heavy atom. The largest absolute Gasteiger partial charge is 0.392 e. The van der Waals surface area contributed by atoms with Gasteiger partial charge in [0.25, 0.3) is 0 Å². The highest BCUT2D eigenvalue weighted by molar-refractivity contribution is 7.90. The zero-order chi connectivity index (χ0) is 23.4. The van der Waals surface area contributed by atoms with Crippen LogP contribution in [0.3, 0.4) is 0 Å². The van der Waals surface area contributed by atoms with Crippen LogP contribution in [-0.4, -0.2) is 51.0 Å². The van der Waals surface area contributed by atoms with Crippen LogP contribution in [0.1, 0.15) is 55.6 Å². The molecule has 0 aliphatic carbocycles. The van der Waals surface area contributed by atoms with Crippen LogP contribution < -0.4 is 4.90 Å². The molecule has 32 heavy (non-hydrogen) atoms. The normalized spacial score (nSPS) is 17.8. The van der Waals surface area contributed by atoms with E-state index in [-0.39, 0.29) is 23.5 Å². The number of aliphatic hydroxyl groups is 2. The first kappa shape index (κ1) is 22.6. The molecule has 2 N–H and O–H groups in total. The Morgan fingerprint density at radius 1 is 1.19 bits per heavy atom. The van der Waals surface area contributed by atoms with E-state index in [2.05, 4.69) is 33.3 Å². The average molecular weight is 460 g/mol. The number of hydrogen-bond acceptors (Lipinski definition) is 8. The van der Waals surface area contributed by atoms with Gasteiger partial charge in [0.1, 0.15) is 5.82 Å². The fraction of sp³-hybridized carbons (Fsp3) is 0.500. The minimum Gasteiger partial charge on any atom is -0.392 e. The fourth-order valence-corrected chi connectivity index (χ4v) is 5.45. The van der Waals surface area contributed by atoms with Crippen LogP contribution in [0.2, 0.25) is 0 Å². The minimum absolute atomic E-state index is 0.118. The van der Waals surface area contributed by atoms with Crippen molar-refractivity contribution in [2.45, 2.75) is 57.9 Å². The van der Waals surface area contributed by atoms with Crippen LogP contribution in [0.5, 0.6) is 0 Å². The maximum Gasteiger partial charge on any atom is 0.226 e. The van der Waals surface area contributed by atoms with Gasteiger partial charge in [-0.1, -0.05) is 13.8 Å². The lowest BCUT2D eigenvalue weighted by molar-refractivity contribution is 0.197. The van der Waals surface area contributed by atoms with E-state index in [1.165, 1.54) is 0 Å². The summed E-state index contributed by atoms with van der Waals surface area (Å²) in [6.07, 6.45) is 2.18. The standard InChI is InChI=1S/C22H29N5O4S/c1-12(2)20-21-25-17-8-15(11-28)19(32(5,30)31)9-18(17)26(21)6-7-27(20)22-23-10-16(14(4)29)13(3)24-22/h8-10,12,14,20,28-29H,6-7,11H2,1-5H3/t14-,20-/m1/s1. The molecule has 4 rings (SSSR count). The summed E-state index contributed by atoms with van der Waals surface area (Å²) in [6, 6.07) is 3.17. The third-order valence-corrected chi connectivity index (χ3v) is 7.22. The molecular weight excluding hydrogens is 430 g/mol. The van der Waals surface area contributed by atoms with Crippen molar-refractivity contribution in [1.82, 2.24) is 19.5 Å². The van der Waals surface area contributed by atoms with Crippen LogP contribution in [0.4, 0.5) is 5.95 Å². The van der Waals surface area contributed by atoms with Gasteiger partial charge in [0.05, 0.1) is 34.7 Å². The topological polar surface area (TPSA) is 121 Å². The van der Waals surface area contributed by atoms with Crippen molar-refractivity contribution in [3.8, 4) is 0 Å². The van der Waals surface area contributed by atoms with Crippen molar-refractivity contribution in [2.75, 3.05) is 17.7 Å². The van der Waals surface area contributed by atoms with Gasteiger partial charge >= 0.3 is 0 Å². The highest BCUT2D eigenvalue weighted by atomic mass is 32.2. The molecule has 3 aromatic rings. The number of imidazole rings is 1. The number of aromatic nitrogens is 4. The van der Waals surface area contributed by atoms with E-state index >= 15 is 0 Å². The summed E-state index contributed by atoms with van der Waals surface area (Å²) in [6.45, 7) is 8.61. The first-order valence-corrected chi connectivity index (χ1v) is 12.5. The fourth-order valence-electron chi connectivity index (χ4n) is 4.52. The van der Waals surface area contributed by atoms with Gasteiger partial charge in [-0.15, -0.1) is 0 Å². The number of benzene rings is 1. The lowest BCUT2D eigenvalue weighted by Crippen LogP contribution is -2.42. The number of anilines is 1. The summed E-state index contributed by atoms with van der Waals surface area (Å²) in [4.78, 5) is 16.3. The Balaban J connectivity index is 1.86. The van der Waals surface area contributed by atoms with Crippen LogP contribution in [0.15, 0.2) is 23.2 Å². The number of nitrogens with zero attached hydrogens (tertiary/aromatic N) is 5. The molecule has 0 saturated carbocycles. The molecule has 0 spiro atoms. The molecule has 10 heteroatoms. The van der Waals surface area contributed by atoms with E-state index < -0.39 is 15.9 Å². The Labute approximate surface area is 187 Å². The third kappa shape index (κ3) is 3.76. The van der Waals surface area contributed by atoms with Crippen molar-refractivity contribution >= 4 is 26.8 Å². The van der Waals surface area contributed by atoms with Crippen LogP contribution in [0.25, 0.3) is 11.0 Å². The highest BCUT2D eigenvalue weighted by Crippen LogP contribution is 2.37. The molecule has 3 heterocycles. The number of aliphatic hydroxyl groups excluding tert-OH is 2. The summed E-state index contributed by atoms with van der Waals surface area (Å²) >= 11 is 0. The average Bonchev–Trinajstić information content (AvgIpc) is 3.08. The summed E-state index contributed by atoms with van der Waals surface area (Å²) in [5.41, 5.74) is 3.18. The summed E-state index contributed by atoms with van der Waals surface area (Å²) in [5.74, 6) is 1.58. The van der Waals surface area contributed by atoms with Gasteiger partial charge in [0.15, 0.2) is 9.84 Å². The number of fused-ring (bicyclic) bond motifs is 3. The molecule has 1 aliphatic heterocycles. The number of rotatable bonds is 5. The molecule has 0 amide bonds. The van der Waals surface area contributed by atoms with Crippen molar-refractivity contribution in [3.05, 3.63) is 41.0 Å². The smallest absolute Gasteiger partial charge is 0.226 e. The van der Waals surface area contributed by atoms with Gasteiger partial charge < -0.3 is 19.7 Å². The number of aryl methyl sites for hydroxylation is 1. The van der Waals surface area contributed by atoms with Gasteiger partial charge in [0.2, 0.25) is 5.95 Å². The van der Waals surface area contributed by atoms with Gasteiger partial charge in [-0.25, -0.2) is 23.4 Å². The zero-order valence-corrected chi connectivity index (χ0v) is 19.8. The lowest BCUT2D eigenvalue weighted by Gasteiger charge is -2.38. The van der Waals surface area contributed by atoms with E-state index in [4.69, 9.17) is 4.98 Å². The SMILES string of the molecule is Cc1nc(N2CCn3c(nc4cc(CO)c(S(C)(=O)=O)cc43)[C@H]2C(C)C)ncc1[C@@H](C)O. The molecule has 2 aromatic heterocycles. The Morgan fingerprint density at radius 2 is 1.91 bits per heavy atom. The van der Waals surface area contributed by atoms with Crippen LogP contribution in [0, 0.1) is 12.8 Å². The van der Waals surface area contributed by atoms with Gasteiger partial charge in [-0.2, -0.15) is 0 Å². The predicted molar refractivity (Wildman–Crippen MR) is 121 cm³/mol. The molecule has 172 valence electrons. The number of hydrogen-bond donors (Lipinski definition) is 2. The molecular formula is C22H29N5O4S. The predicted octanol–water partition coefficient (Wildman–Crippen LogP) is 2.30. The van der Waals surface area contributed by atoms with Gasteiger partial charge in [0, 0.05) is 36.8 Å². The Kier molecular flexibility index (Phi) is 5.72. The maximum absolute atomic E-state index is 12.3. The van der Waals surface area contributed by atoms with E-state index in [0.717, 1.165) is 23.3 Å². The summed E-state index contributed by atoms with van der Waals surface area (Å²) in [5, 5.41) is 19.6. The zero-order valence-electron chi connectivity index (χ0n) is 18.9. The molecule has 9 nitrogen and oxygen atoms in total. The highest BCUT2D eigenvalue weighted by Gasteiger charge is 2.35. The van der Waals surface area contributed by atoms with Crippen molar-refractivity contribution < 1.29 is 18.6 Å². The van der Waals surface area contributed by atoms with E-state index in [1.807, 2.05) is 6.92 Å². The van der Waals surface area contributed by atoms with Crippen LogP contribution >= 0.6 is 0 Å². The minimum atomic E-state index is -3.49. The molecule has 0 saturated heterocycles. The number of sulfone groups is 1. The van der Waals surface area contributed by atoms with E-state index in [1.54, 1.807) is 25.3 Å². The second-order valence-corrected chi connectivity index (χ2v) is 10.8. The Hall–Kier alpha value is -2.56. The van der Waals surface area contributed by atoms with E-state index in [0.29, 0.717) is 35.7 Å². The van der Waals surface area contributed by atoms with Gasteiger partial charge in [-0.3, -0.25) is 0 Å². The Bertz CT molecular complexity index is 1280. The van der Waals surface area contributed by atoms with Crippen molar-refractivity contribution in [3.63, 3.8) is 0 Å². The van der Waals surface area contributed by atoms with Crippen molar-refractivity contribution in [1.29, 1.82) is 0 Å². The first-order valence-electron chi connectivity index (χ1n) is 10.6. The first-order chi connectivity index (χ1) is 15.0. The third-order valence-electron chi connectivity index (χ3n) is 6.04. The molecule has 0 unspecified atom stereocenters. The van der Waals surface area contributed by atoms with Crippen molar-refractivity contribution in [2.24, 2.45) is 5.92 Å². The molecule has 0 fully saturated rings. The van der Waals surface area contributed by atoms with E-state index in [9.17, 15) is 18.6 Å². The molecule has 1 aliphatic rings. The van der Waals surface area contributed by atoms with Crippen LogP contribution in [-0.2, 0) is 23.0 Å². The lowest BCUT2D eigenvalue weighted by atomic mass is 10.00. The molecule has 0 radical (unpaired) electrons. The second kappa shape index (κ2) is 8.09. The second-order valence-electron chi connectivity index (χ2n) is 8.77. The monoisotopic (exact) mass is 459 g/mol. The van der Waals surface area contributed by atoms with Gasteiger partial charge in [-0.05, 0) is 37.5 Å². The maximum atomic E-state index is 12.3. The molecule has 2 atom stereocenters. The summed E-state index contributed by atoms with van der Waals surface area (Å²) < 4.78 is 26.6. The summed E-state index contributed by atoms with van der Waals surface area (Å²) in [7, 11) is -3.49. The molecule has 1 aromatic carbocycles. The molecule has 0 bridgehead atoms. The quantitative estimate of drug-likeness (QED) is 0.596.